The summed E-state index contributed by atoms with van der Waals surface area (Å²) in [7, 11) is 0. The van der Waals surface area contributed by atoms with Crippen LogP contribution in [-0.4, -0.2) is 4.98 Å². The van der Waals surface area contributed by atoms with Crippen molar-refractivity contribution in [2.75, 3.05) is 0 Å². The highest BCUT2D eigenvalue weighted by molar-refractivity contribution is 9.10. The maximum atomic E-state index is 4.03. The van der Waals surface area contributed by atoms with E-state index < -0.39 is 0 Å². The Morgan fingerprint density at radius 2 is 2.11 bits per heavy atom. The van der Waals surface area contributed by atoms with Gasteiger partial charge in [-0.25, -0.2) is 0 Å². The van der Waals surface area contributed by atoms with Crippen molar-refractivity contribution in [1.82, 2.24) is 4.98 Å². The van der Waals surface area contributed by atoms with E-state index in [0.717, 1.165) is 10.2 Å². The molecule has 1 aromatic rings. The minimum absolute atomic E-state index is 0. The molecule has 0 radical (unpaired) electrons. The molecule has 1 nitrogen and oxygen atoms in total. The highest BCUT2D eigenvalue weighted by atomic mass is 79.9. The Bertz CT molecular complexity index is 152. The Morgan fingerprint density at radius 1 is 1.44 bits per heavy atom. The second-order valence-corrected chi connectivity index (χ2v) is 2.53. The van der Waals surface area contributed by atoms with Crippen molar-refractivity contribution in [3.05, 3.63) is 28.5 Å². The Kier molecular flexibility index (Phi) is 3.82. The van der Waals surface area contributed by atoms with Crippen LogP contribution < -0.4 is 0 Å². The van der Waals surface area contributed by atoms with E-state index in [0.29, 0.717) is 0 Å². The van der Waals surface area contributed by atoms with Gasteiger partial charge in [0.25, 0.3) is 0 Å². The average molecular weight is 208 g/mol. The summed E-state index contributed by atoms with van der Waals surface area (Å²) < 4.78 is 1.03. The van der Waals surface area contributed by atoms with Gasteiger partial charge in [-0.05, 0) is 35.0 Å². The molecule has 0 aliphatic rings. The molecule has 1 aromatic heterocycles. The van der Waals surface area contributed by atoms with Gasteiger partial charge in [-0.15, -0.1) is 12.4 Å². The summed E-state index contributed by atoms with van der Waals surface area (Å²) in [6, 6.07) is 3.94. The lowest BCUT2D eigenvalue weighted by Gasteiger charge is -1.87. The van der Waals surface area contributed by atoms with E-state index in [4.69, 9.17) is 0 Å². The van der Waals surface area contributed by atoms with Gasteiger partial charge >= 0.3 is 0 Å². The topological polar surface area (TPSA) is 12.9 Å². The minimum atomic E-state index is 0. The highest BCUT2D eigenvalue weighted by Crippen LogP contribution is 2.05. The number of halogens is 2. The van der Waals surface area contributed by atoms with Crippen molar-refractivity contribution >= 4 is 28.3 Å². The summed E-state index contributed by atoms with van der Waals surface area (Å²) in [5.41, 5.74) is 1.05. The van der Waals surface area contributed by atoms with Crippen molar-refractivity contribution in [3.63, 3.8) is 0 Å². The number of nitrogens with zero attached hydrogens (tertiary/aromatic N) is 1. The lowest BCUT2D eigenvalue weighted by atomic mass is 10.4. The normalized spacial score (nSPS) is 8.22. The van der Waals surface area contributed by atoms with Gasteiger partial charge in [0.2, 0.25) is 0 Å². The highest BCUT2D eigenvalue weighted by Gasteiger charge is 1.82. The van der Waals surface area contributed by atoms with Gasteiger partial charge < -0.3 is 0 Å². The third-order valence-electron chi connectivity index (χ3n) is 0.875. The standard InChI is InChI=1S/C6H6BrN.ClH/c1-5-2-3-6(7)4-8-5;/h2-4H,1H3;1H. The predicted octanol–water partition coefficient (Wildman–Crippen LogP) is 2.57. The molecule has 1 rings (SSSR count). The second-order valence-electron chi connectivity index (χ2n) is 1.62. The zero-order valence-electron chi connectivity index (χ0n) is 4.97. The van der Waals surface area contributed by atoms with Crippen LogP contribution in [0.25, 0.3) is 0 Å². The van der Waals surface area contributed by atoms with Gasteiger partial charge in [0, 0.05) is 16.4 Å². The van der Waals surface area contributed by atoms with E-state index in [2.05, 4.69) is 20.9 Å². The van der Waals surface area contributed by atoms with Crippen LogP contribution in [0.15, 0.2) is 22.8 Å². The van der Waals surface area contributed by atoms with Crippen molar-refractivity contribution in [2.24, 2.45) is 0 Å². The number of pyridine rings is 1. The summed E-state index contributed by atoms with van der Waals surface area (Å²) in [4.78, 5) is 4.03. The van der Waals surface area contributed by atoms with Crippen LogP contribution in [0.4, 0.5) is 0 Å². The molecule has 0 aromatic carbocycles. The quantitative estimate of drug-likeness (QED) is 0.639. The zero-order chi connectivity index (χ0) is 5.98. The SMILES string of the molecule is Cc1ccc(Br)cn1.Cl. The summed E-state index contributed by atoms with van der Waals surface area (Å²) in [6.45, 7) is 1.96. The molecule has 0 aliphatic carbocycles. The molecule has 0 unspecified atom stereocenters. The number of hydrogen-bond acceptors (Lipinski definition) is 1. The molecule has 3 heteroatoms. The summed E-state index contributed by atoms with van der Waals surface area (Å²) in [6.07, 6.45) is 1.79. The van der Waals surface area contributed by atoms with Crippen LogP contribution >= 0.6 is 28.3 Å². The van der Waals surface area contributed by atoms with Gasteiger partial charge in [-0.2, -0.15) is 0 Å². The Labute approximate surface area is 69.0 Å². The van der Waals surface area contributed by atoms with E-state index in [1.807, 2.05) is 19.1 Å². The number of aromatic nitrogens is 1. The minimum Gasteiger partial charge on any atom is -0.260 e. The van der Waals surface area contributed by atoms with Crippen LogP contribution in [0.5, 0.6) is 0 Å². The molecule has 9 heavy (non-hydrogen) atoms. The molecular weight excluding hydrogens is 201 g/mol. The first-order chi connectivity index (χ1) is 3.79. The molecule has 0 amide bonds. The van der Waals surface area contributed by atoms with Crippen molar-refractivity contribution in [3.8, 4) is 0 Å². The van der Waals surface area contributed by atoms with E-state index >= 15 is 0 Å². The monoisotopic (exact) mass is 207 g/mol. The summed E-state index contributed by atoms with van der Waals surface area (Å²) in [5.74, 6) is 0. The van der Waals surface area contributed by atoms with Gasteiger partial charge in [-0.1, -0.05) is 0 Å². The van der Waals surface area contributed by atoms with Gasteiger partial charge in [-0.3, -0.25) is 4.98 Å². The van der Waals surface area contributed by atoms with Crippen LogP contribution in [-0.2, 0) is 0 Å². The molecule has 1 heterocycles. The lowest BCUT2D eigenvalue weighted by Crippen LogP contribution is -1.75. The van der Waals surface area contributed by atoms with E-state index in [1.165, 1.54) is 0 Å². The predicted molar refractivity (Wildman–Crippen MR) is 43.9 cm³/mol. The summed E-state index contributed by atoms with van der Waals surface area (Å²) in [5, 5.41) is 0. The van der Waals surface area contributed by atoms with Crippen molar-refractivity contribution in [1.29, 1.82) is 0 Å². The molecule has 0 saturated carbocycles. The Balaban J connectivity index is 0.000000640. The van der Waals surface area contributed by atoms with Gasteiger partial charge in [0.05, 0.1) is 0 Å². The van der Waals surface area contributed by atoms with E-state index in [9.17, 15) is 0 Å². The first-order valence-electron chi connectivity index (χ1n) is 2.37. The summed E-state index contributed by atoms with van der Waals surface area (Å²) >= 11 is 3.28. The second kappa shape index (κ2) is 3.85. The fourth-order valence-electron chi connectivity index (χ4n) is 0.450. The molecule has 0 bridgehead atoms. The van der Waals surface area contributed by atoms with Gasteiger partial charge in [0.1, 0.15) is 0 Å². The fourth-order valence-corrected chi connectivity index (χ4v) is 0.684. The first kappa shape index (κ1) is 8.92. The molecule has 0 N–H and O–H groups in total. The van der Waals surface area contributed by atoms with Crippen LogP contribution in [0.3, 0.4) is 0 Å². The maximum absolute atomic E-state index is 4.03. The average Bonchev–Trinajstić information content (AvgIpc) is 1.77. The molecular formula is C6H7BrClN. The third-order valence-corrected chi connectivity index (χ3v) is 1.34. The first-order valence-corrected chi connectivity index (χ1v) is 3.16. The number of hydrogen-bond donors (Lipinski definition) is 0. The molecule has 0 fully saturated rings. The fraction of sp³-hybridized carbons (Fsp3) is 0.167. The van der Waals surface area contributed by atoms with Crippen LogP contribution in [0, 0.1) is 6.92 Å². The van der Waals surface area contributed by atoms with Crippen LogP contribution in [0.2, 0.25) is 0 Å². The number of rotatable bonds is 0. The Hall–Kier alpha value is -0.0800. The van der Waals surface area contributed by atoms with Gasteiger partial charge in [0.15, 0.2) is 0 Å². The van der Waals surface area contributed by atoms with Crippen molar-refractivity contribution < 1.29 is 0 Å². The molecule has 0 saturated heterocycles. The molecule has 50 valence electrons. The van der Waals surface area contributed by atoms with E-state index in [1.54, 1.807) is 6.20 Å². The van der Waals surface area contributed by atoms with Crippen LogP contribution in [0.1, 0.15) is 5.69 Å². The largest absolute Gasteiger partial charge is 0.260 e. The molecule has 0 aliphatic heterocycles. The van der Waals surface area contributed by atoms with Crippen molar-refractivity contribution in [2.45, 2.75) is 6.92 Å². The third kappa shape index (κ3) is 2.82. The number of aryl methyl sites for hydroxylation is 1. The smallest absolute Gasteiger partial charge is 0.0413 e. The lowest BCUT2D eigenvalue weighted by molar-refractivity contribution is 1.19. The van der Waals surface area contributed by atoms with E-state index in [-0.39, 0.29) is 12.4 Å². The zero-order valence-corrected chi connectivity index (χ0v) is 7.37. The molecule has 0 atom stereocenters. The Morgan fingerprint density at radius 3 is 2.44 bits per heavy atom. The molecule has 0 spiro atoms. The maximum Gasteiger partial charge on any atom is 0.0413 e.